The van der Waals surface area contributed by atoms with Gasteiger partial charge in [0.05, 0.1) is 25.4 Å². The van der Waals surface area contributed by atoms with Crippen LogP contribution in [0, 0.1) is 5.92 Å². The van der Waals surface area contributed by atoms with Gasteiger partial charge in [-0.15, -0.1) is 0 Å². The van der Waals surface area contributed by atoms with Crippen molar-refractivity contribution in [3.8, 4) is 0 Å². The summed E-state index contributed by atoms with van der Waals surface area (Å²) < 4.78 is 62.5. The predicted molar refractivity (Wildman–Crippen MR) is 260 cm³/mol. The molecule has 0 spiro atoms. The average molecular weight is 1020 g/mol. The normalized spacial score (nSPS) is 22.7. The SMILES string of the molecule is CCCCC/C=C\C/C=C\CC1OC1C/C=C\CCCC(=O)OC[C@H](COP(=O)(O)OP(=O)(O)OC[C@H]1O[C@@H](n2ccc(N)nc2=O)[C@H](O)[C@@H]1O)OC(=O)CCCCCCCCCCCCC(C)C. The number of ether oxygens (including phenoxy) is 4. The number of aliphatic hydroxyl groups is 2. The number of nitrogens with zero attached hydrogens (tertiary/aromatic N) is 2. The van der Waals surface area contributed by atoms with Crippen molar-refractivity contribution in [2.45, 2.75) is 205 Å². The zero-order chi connectivity index (χ0) is 50.5. The molecule has 0 radical (unpaired) electrons. The average Bonchev–Trinajstić information content (AvgIpc) is 3.98. The number of esters is 2. The topological polar surface area (TPSA) is 278 Å². The van der Waals surface area contributed by atoms with Crippen LogP contribution in [0.25, 0.3) is 0 Å². The molecular weight excluding hydrogens is 936 g/mol. The van der Waals surface area contributed by atoms with E-state index in [1.807, 2.05) is 12.2 Å². The minimum Gasteiger partial charge on any atom is -0.462 e. The van der Waals surface area contributed by atoms with Gasteiger partial charge in [-0.25, -0.2) is 13.9 Å². The summed E-state index contributed by atoms with van der Waals surface area (Å²) in [6, 6.07) is 1.24. The predicted octanol–water partition coefficient (Wildman–Crippen LogP) is 8.84. The van der Waals surface area contributed by atoms with Crippen molar-refractivity contribution in [3.63, 3.8) is 0 Å². The summed E-state index contributed by atoms with van der Waals surface area (Å²) in [4.78, 5) is 61.9. The van der Waals surface area contributed by atoms with Crippen molar-refractivity contribution in [3.05, 3.63) is 59.2 Å². The molecule has 0 bridgehead atoms. The molecule has 1 aromatic heterocycles. The summed E-state index contributed by atoms with van der Waals surface area (Å²) in [6.07, 6.45) is 27.0. The molecule has 1 aromatic rings. The monoisotopic (exact) mass is 1020 g/mol. The van der Waals surface area contributed by atoms with Crippen molar-refractivity contribution < 1.29 is 71.0 Å². The summed E-state index contributed by atoms with van der Waals surface area (Å²) in [5, 5.41) is 20.9. The Kier molecular flexibility index (Phi) is 29.3. The maximum absolute atomic E-state index is 12.8. The Balaban J connectivity index is 1.42. The van der Waals surface area contributed by atoms with E-state index in [0.29, 0.717) is 19.3 Å². The molecule has 394 valence electrons. The van der Waals surface area contributed by atoms with Crippen molar-refractivity contribution in [2.24, 2.45) is 5.92 Å². The summed E-state index contributed by atoms with van der Waals surface area (Å²) in [5.41, 5.74) is 4.58. The van der Waals surface area contributed by atoms with Crippen molar-refractivity contribution >= 4 is 33.4 Å². The number of phosphoric acid groups is 2. The first-order valence-corrected chi connectivity index (χ1v) is 28.0. The number of aliphatic hydroxyl groups excluding tert-OH is 2. The molecule has 0 aromatic carbocycles. The highest BCUT2D eigenvalue weighted by Gasteiger charge is 2.46. The third-order valence-corrected chi connectivity index (χ3v) is 14.2. The van der Waals surface area contributed by atoms with E-state index in [2.05, 4.69) is 54.4 Å². The first-order chi connectivity index (χ1) is 33.0. The van der Waals surface area contributed by atoms with E-state index < -0.39 is 83.7 Å². The van der Waals surface area contributed by atoms with Gasteiger partial charge in [-0.2, -0.15) is 9.29 Å². The number of epoxide rings is 1. The highest BCUT2D eigenvalue weighted by atomic mass is 31.3. The van der Waals surface area contributed by atoms with Crippen LogP contribution in [0.1, 0.15) is 168 Å². The molecule has 2 fully saturated rings. The number of anilines is 1. The number of nitrogen functional groups attached to an aromatic ring is 1. The van der Waals surface area contributed by atoms with E-state index in [0.717, 1.165) is 68.0 Å². The molecule has 2 aliphatic heterocycles. The number of rotatable bonds is 39. The Hall–Kier alpha value is -3.06. The molecule has 3 rings (SSSR count). The number of carbonyl (C=O) groups excluding carboxylic acids is 2. The van der Waals surface area contributed by atoms with Crippen LogP contribution in [-0.4, -0.2) is 97.9 Å². The molecule has 6 N–H and O–H groups in total. The Bertz CT molecular complexity index is 1880. The molecule has 2 saturated heterocycles. The van der Waals surface area contributed by atoms with Gasteiger partial charge in [0.1, 0.15) is 30.7 Å². The van der Waals surface area contributed by atoms with E-state index in [-0.39, 0.29) is 30.9 Å². The Labute approximate surface area is 408 Å². The van der Waals surface area contributed by atoms with Gasteiger partial charge in [-0.3, -0.25) is 23.2 Å². The Morgan fingerprint density at radius 1 is 0.754 bits per heavy atom. The third-order valence-electron chi connectivity index (χ3n) is 11.6. The smallest absolute Gasteiger partial charge is 0.462 e. The minimum absolute atomic E-state index is 0.0356. The van der Waals surface area contributed by atoms with Gasteiger partial charge < -0.3 is 44.7 Å². The number of allylic oxidation sites excluding steroid dienone is 4. The number of aromatic nitrogens is 2. The molecular formula is C48H81N3O16P2. The Morgan fingerprint density at radius 2 is 1.35 bits per heavy atom. The number of phosphoric ester groups is 2. The highest BCUT2D eigenvalue weighted by Crippen LogP contribution is 2.60. The van der Waals surface area contributed by atoms with E-state index in [9.17, 15) is 43.5 Å². The first kappa shape index (κ1) is 60.2. The van der Waals surface area contributed by atoms with E-state index >= 15 is 0 Å². The number of hydrogen-bond acceptors (Lipinski definition) is 16. The maximum atomic E-state index is 12.8. The lowest BCUT2D eigenvalue weighted by atomic mass is 10.0. The molecule has 0 amide bonds. The van der Waals surface area contributed by atoms with E-state index in [4.69, 9.17) is 33.7 Å². The standard InChI is InChI=1S/C48H81N3O16P2/c1-4-5-6-7-8-11-15-18-23-28-39-40(65-39)29-24-20-21-25-30-43(52)61-34-38(64-44(53)31-26-19-16-13-10-9-12-14-17-22-27-37(2)3)35-62-68(57,58)67-69(59,60)63-36-41-45(54)46(55)47(66-41)51-33-32-42(49)50-48(51)56/h8,11,18,20,23-24,32-33,37-41,45-47,54-55H,4-7,9-10,12-17,19,21-22,25-31,34-36H2,1-3H3,(H,57,58)(H,59,60)(H2,49,50,56)/b11-8-,23-18-,24-20-/t38-,39?,40?,41-,45-,46-,47-/m1/s1. The van der Waals surface area contributed by atoms with Gasteiger partial charge in [0.25, 0.3) is 0 Å². The molecule has 19 nitrogen and oxygen atoms in total. The second kappa shape index (κ2) is 33.6. The summed E-state index contributed by atoms with van der Waals surface area (Å²) in [6.45, 7) is 4.33. The van der Waals surface area contributed by atoms with Crippen LogP contribution in [0.5, 0.6) is 0 Å². The Morgan fingerprint density at radius 3 is 2.01 bits per heavy atom. The van der Waals surface area contributed by atoms with Gasteiger partial charge in [-0.1, -0.05) is 134 Å². The molecule has 2 aliphatic rings. The van der Waals surface area contributed by atoms with Gasteiger partial charge in [0.2, 0.25) is 0 Å². The van der Waals surface area contributed by atoms with Crippen LogP contribution >= 0.6 is 15.6 Å². The van der Waals surface area contributed by atoms with Crippen molar-refractivity contribution in [1.82, 2.24) is 9.55 Å². The molecule has 0 saturated carbocycles. The lowest BCUT2D eigenvalue weighted by Gasteiger charge is -2.21. The number of unbranched alkanes of at least 4 members (excludes halogenated alkanes) is 13. The molecule has 21 heteroatoms. The second-order valence-corrected chi connectivity index (χ2v) is 21.2. The molecule has 3 heterocycles. The number of nitrogens with two attached hydrogens (primary N) is 1. The first-order valence-electron chi connectivity index (χ1n) is 25.0. The highest BCUT2D eigenvalue weighted by molar-refractivity contribution is 7.61. The number of carbonyl (C=O) groups is 2. The fourth-order valence-corrected chi connectivity index (χ4v) is 9.64. The zero-order valence-electron chi connectivity index (χ0n) is 41.0. The van der Waals surface area contributed by atoms with Gasteiger partial charge >= 0.3 is 33.3 Å². The summed E-state index contributed by atoms with van der Waals surface area (Å²) in [5.74, 6) is -0.629. The number of hydrogen-bond donors (Lipinski definition) is 5. The van der Waals surface area contributed by atoms with Crippen LogP contribution < -0.4 is 11.4 Å². The van der Waals surface area contributed by atoms with Crippen LogP contribution in [0.15, 0.2) is 53.5 Å². The summed E-state index contributed by atoms with van der Waals surface area (Å²) >= 11 is 0. The van der Waals surface area contributed by atoms with E-state index in [1.165, 1.54) is 63.9 Å². The molecule has 69 heavy (non-hydrogen) atoms. The van der Waals surface area contributed by atoms with Crippen LogP contribution in [0.4, 0.5) is 5.82 Å². The van der Waals surface area contributed by atoms with Crippen LogP contribution in [0.3, 0.4) is 0 Å². The third kappa shape index (κ3) is 26.8. The zero-order valence-corrected chi connectivity index (χ0v) is 42.8. The van der Waals surface area contributed by atoms with Crippen molar-refractivity contribution in [2.75, 3.05) is 25.6 Å². The minimum atomic E-state index is -5.44. The second-order valence-electron chi connectivity index (χ2n) is 18.2. The maximum Gasteiger partial charge on any atom is 0.481 e. The quantitative estimate of drug-likeness (QED) is 0.0135. The lowest BCUT2D eigenvalue weighted by Crippen LogP contribution is -2.36. The lowest BCUT2D eigenvalue weighted by molar-refractivity contribution is -0.161. The van der Waals surface area contributed by atoms with Crippen molar-refractivity contribution in [1.29, 1.82) is 0 Å². The molecule has 4 unspecified atom stereocenters. The van der Waals surface area contributed by atoms with Crippen LogP contribution in [0.2, 0.25) is 0 Å². The van der Waals surface area contributed by atoms with Gasteiger partial charge in [0.15, 0.2) is 12.3 Å². The van der Waals surface area contributed by atoms with Gasteiger partial charge in [-0.05, 0) is 63.4 Å². The van der Waals surface area contributed by atoms with Gasteiger partial charge in [0, 0.05) is 19.0 Å². The molecule has 0 aliphatic carbocycles. The largest absolute Gasteiger partial charge is 0.481 e. The fraction of sp³-hybridized carbons (Fsp3) is 0.750. The van der Waals surface area contributed by atoms with E-state index in [1.54, 1.807) is 0 Å². The van der Waals surface area contributed by atoms with Crippen LogP contribution in [-0.2, 0) is 51.0 Å². The summed E-state index contributed by atoms with van der Waals surface area (Å²) in [7, 11) is -10.9. The molecule has 9 atom stereocenters. The fourth-order valence-electron chi connectivity index (χ4n) is 7.53.